The maximum Gasteiger partial charge on any atom is 0.315 e. The Labute approximate surface area is 135 Å². The average Bonchev–Trinajstić information content (AvgIpc) is 2.92. The number of hydrogen-bond acceptors (Lipinski definition) is 4. The summed E-state index contributed by atoms with van der Waals surface area (Å²) in [6, 6.07) is 6.26. The summed E-state index contributed by atoms with van der Waals surface area (Å²) in [6.45, 7) is 3.18. The summed E-state index contributed by atoms with van der Waals surface area (Å²) in [5, 5.41) is 15.3. The van der Waals surface area contributed by atoms with Crippen LogP contribution in [0, 0.1) is 0 Å². The number of likely N-dealkylation sites (tertiary alicyclic amines) is 1. The van der Waals surface area contributed by atoms with Crippen molar-refractivity contribution in [2.45, 2.75) is 25.5 Å². The Kier molecular flexibility index (Phi) is 5.81. The van der Waals surface area contributed by atoms with Crippen molar-refractivity contribution in [3.05, 3.63) is 29.8 Å². The fraction of sp³-hybridized carbons (Fsp3) is 0.500. The van der Waals surface area contributed by atoms with Crippen LogP contribution in [0.3, 0.4) is 0 Å². The topological polar surface area (TPSA) is 90.9 Å². The molecule has 1 saturated heterocycles. The van der Waals surface area contributed by atoms with Crippen LogP contribution in [0.1, 0.15) is 12.5 Å². The largest absolute Gasteiger partial charge is 0.508 e. The van der Waals surface area contributed by atoms with Crippen molar-refractivity contribution in [1.82, 2.24) is 15.5 Å². The summed E-state index contributed by atoms with van der Waals surface area (Å²) in [4.78, 5) is 25.7. The molecule has 3 N–H and O–H groups in total. The van der Waals surface area contributed by atoms with Gasteiger partial charge in [-0.15, -0.1) is 0 Å². The first-order valence-corrected chi connectivity index (χ1v) is 7.67. The van der Waals surface area contributed by atoms with Crippen LogP contribution in [0.15, 0.2) is 24.3 Å². The maximum atomic E-state index is 12.4. The van der Waals surface area contributed by atoms with E-state index in [-0.39, 0.29) is 36.3 Å². The molecule has 7 nitrogen and oxygen atoms in total. The summed E-state index contributed by atoms with van der Waals surface area (Å²) in [5.41, 5.74) is 0.589. The molecule has 1 fully saturated rings. The first-order chi connectivity index (χ1) is 11.0. The van der Waals surface area contributed by atoms with Crippen LogP contribution in [0.2, 0.25) is 0 Å². The fourth-order valence-corrected chi connectivity index (χ4v) is 2.67. The molecule has 0 saturated carbocycles. The summed E-state index contributed by atoms with van der Waals surface area (Å²) in [6.07, 6.45) is -0.123. The van der Waals surface area contributed by atoms with Gasteiger partial charge in [0.05, 0.1) is 18.6 Å². The number of ether oxygens (including phenoxy) is 1. The Balaban J connectivity index is 1.97. The lowest BCUT2D eigenvalue weighted by Crippen LogP contribution is -2.48. The number of phenolic OH excluding ortho intramolecular Hbond substituents is 1. The number of benzene rings is 1. The van der Waals surface area contributed by atoms with E-state index in [1.54, 1.807) is 36.3 Å². The molecule has 0 bridgehead atoms. The Bertz CT molecular complexity index is 564. The molecule has 1 heterocycles. The summed E-state index contributed by atoms with van der Waals surface area (Å²) in [5.74, 6) is 0.00841. The number of carbonyl (C=O) groups is 2. The molecule has 1 aliphatic rings. The van der Waals surface area contributed by atoms with Gasteiger partial charge in [0.2, 0.25) is 5.91 Å². The van der Waals surface area contributed by atoms with Crippen LogP contribution < -0.4 is 10.6 Å². The van der Waals surface area contributed by atoms with Gasteiger partial charge in [-0.2, -0.15) is 0 Å². The minimum Gasteiger partial charge on any atom is -0.508 e. The number of aromatic hydroxyl groups is 1. The third kappa shape index (κ3) is 4.35. The van der Waals surface area contributed by atoms with Crippen molar-refractivity contribution >= 4 is 11.9 Å². The van der Waals surface area contributed by atoms with Crippen LogP contribution in [-0.4, -0.2) is 60.8 Å². The molecule has 1 aromatic rings. The SMILES string of the molecule is CCNC(=O)NC1CN(C(=O)Cc2ccccc2O)C[C@@H]1OC. The van der Waals surface area contributed by atoms with Crippen molar-refractivity contribution in [1.29, 1.82) is 0 Å². The molecule has 7 heteroatoms. The zero-order valence-corrected chi connectivity index (χ0v) is 13.4. The van der Waals surface area contributed by atoms with Gasteiger partial charge in [-0.3, -0.25) is 4.79 Å². The van der Waals surface area contributed by atoms with Crippen LogP contribution in [0.4, 0.5) is 4.79 Å². The highest BCUT2D eigenvalue weighted by Gasteiger charge is 2.36. The monoisotopic (exact) mass is 321 g/mol. The molecular formula is C16H23N3O4. The fourth-order valence-electron chi connectivity index (χ4n) is 2.67. The predicted molar refractivity (Wildman–Crippen MR) is 85.2 cm³/mol. The summed E-state index contributed by atoms with van der Waals surface area (Å²) >= 11 is 0. The maximum absolute atomic E-state index is 12.4. The number of carbonyl (C=O) groups excluding carboxylic acids is 2. The van der Waals surface area contributed by atoms with E-state index in [0.29, 0.717) is 25.2 Å². The van der Waals surface area contributed by atoms with Gasteiger partial charge in [-0.05, 0) is 13.0 Å². The minimum atomic E-state index is -0.269. The van der Waals surface area contributed by atoms with Crippen molar-refractivity contribution in [3.8, 4) is 5.75 Å². The first-order valence-electron chi connectivity index (χ1n) is 7.67. The van der Waals surface area contributed by atoms with Crippen LogP contribution in [-0.2, 0) is 16.0 Å². The van der Waals surface area contributed by atoms with E-state index < -0.39 is 0 Å². The molecule has 1 aromatic carbocycles. The lowest BCUT2D eigenvalue weighted by molar-refractivity contribution is -0.129. The standard InChI is InChI=1S/C16H23N3O4/c1-3-17-16(22)18-12-9-19(10-14(12)23-2)15(21)8-11-6-4-5-7-13(11)20/h4-7,12,14,20H,3,8-10H2,1-2H3,(H2,17,18,22)/t12?,14-/m0/s1. The van der Waals surface area contributed by atoms with Crippen molar-refractivity contribution in [2.24, 2.45) is 0 Å². The Morgan fingerprint density at radius 3 is 2.74 bits per heavy atom. The molecule has 23 heavy (non-hydrogen) atoms. The van der Waals surface area contributed by atoms with E-state index in [0.717, 1.165) is 0 Å². The highest BCUT2D eigenvalue weighted by atomic mass is 16.5. The molecule has 1 aliphatic heterocycles. The molecule has 0 aliphatic carbocycles. The lowest BCUT2D eigenvalue weighted by atomic mass is 10.1. The van der Waals surface area contributed by atoms with Gasteiger partial charge in [0, 0.05) is 32.3 Å². The number of hydrogen-bond donors (Lipinski definition) is 3. The first kappa shape index (κ1) is 17.1. The van der Waals surface area contributed by atoms with Gasteiger partial charge in [0.1, 0.15) is 5.75 Å². The normalized spacial score (nSPS) is 20.3. The molecule has 2 rings (SSSR count). The molecule has 0 spiro atoms. The van der Waals surface area contributed by atoms with Gasteiger partial charge in [0.15, 0.2) is 0 Å². The molecule has 1 unspecified atom stereocenters. The van der Waals surface area contributed by atoms with E-state index in [1.165, 1.54) is 0 Å². The number of nitrogens with zero attached hydrogens (tertiary/aromatic N) is 1. The average molecular weight is 321 g/mol. The summed E-state index contributed by atoms with van der Waals surface area (Å²) < 4.78 is 5.37. The Morgan fingerprint density at radius 1 is 1.35 bits per heavy atom. The van der Waals surface area contributed by atoms with Crippen LogP contribution in [0.5, 0.6) is 5.75 Å². The third-order valence-corrected chi connectivity index (χ3v) is 3.91. The van der Waals surface area contributed by atoms with Gasteiger partial charge < -0.3 is 25.4 Å². The van der Waals surface area contributed by atoms with Gasteiger partial charge >= 0.3 is 6.03 Å². The van der Waals surface area contributed by atoms with Gasteiger partial charge in [-0.1, -0.05) is 18.2 Å². The molecule has 0 radical (unpaired) electrons. The van der Waals surface area contributed by atoms with Crippen molar-refractivity contribution < 1.29 is 19.4 Å². The molecule has 2 atom stereocenters. The van der Waals surface area contributed by atoms with Gasteiger partial charge in [0.25, 0.3) is 0 Å². The Hall–Kier alpha value is -2.28. The van der Waals surface area contributed by atoms with Crippen molar-refractivity contribution in [3.63, 3.8) is 0 Å². The highest BCUT2D eigenvalue weighted by molar-refractivity contribution is 5.80. The zero-order valence-electron chi connectivity index (χ0n) is 13.4. The van der Waals surface area contributed by atoms with E-state index in [2.05, 4.69) is 10.6 Å². The second kappa shape index (κ2) is 7.82. The quantitative estimate of drug-likeness (QED) is 0.736. The predicted octanol–water partition coefficient (Wildman–Crippen LogP) is 0.480. The highest BCUT2D eigenvalue weighted by Crippen LogP contribution is 2.19. The smallest absolute Gasteiger partial charge is 0.315 e. The second-order valence-corrected chi connectivity index (χ2v) is 5.49. The van der Waals surface area contributed by atoms with E-state index in [4.69, 9.17) is 4.74 Å². The van der Waals surface area contributed by atoms with E-state index in [1.807, 2.05) is 6.92 Å². The van der Waals surface area contributed by atoms with E-state index in [9.17, 15) is 14.7 Å². The second-order valence-electron chi connectivity index (χ2n) is 5.49. The number of amides is 3. The molecule has 126 valence electrons. The number of para-hydroxylation sites is 1. The molecule has 3 amide bonds. The van der Waals surface area contributed by atoms with Gasteiger partial charge in [-0.25, -0.2) is 4.79 Å². The molecule has 0 aromatic heterocycles. The number of urea groups is 1. The minimum absolute atomic E-state index is 0.103. The number of rotatable bonds is 5. The zero-order chi connectivity index (χ0) is 16.8. The lowest BCUT2D eigenvalue weighted by Gasteiger charge is -2.18. The van der Waals surface area contributed by atoms with Crippen molar-refractivity contribution in [2.75, 3.05) is 26.7 Å². The number of methoxy groups -OCH3 is 1. The Morgan fingerprint density at radius 2 is 2.09 bits per heavy atom. The number of nitrogens with one attached hydrogen (secondary N) is 2. The third-order valence-electron chi connectivity index (χ3n) is 3.91. The van der Waals surface area contributed by atoms with Crippen LogP contribution in [0.25, 0.3) is 0 Å². The number of phenols is 1. The molecular weight excluding hydrogens is 298 g/mol. The summed E-state index contributed by atoms with van der Waals surface area (Å²) in [7, 11) is 1.56. The van der Waals surface area contributed by atoms with E-state index >= 15 is 0 Å². The van der Waals surface area contributed by atoms with Crippen LogP contribution >= 0.6 is 0 Å².